The Bertz CT molecular complexity index is 255. The number of hydrogen-bond acceptors (Lipinski definition) is 1. The highest BCUT2D eigenvalue weighted by molar-refractivity contribution is 9.09. The van der Waals surface area contributed by atoms with Crippen LogP contribution in [0.1, 0.15) is 45.4 Å². The molecule has 1 nitrogen and oxygen atoms in total. The Kier molecular flexibility index (Phi) is 2.63. The van der Waals surface area contributed by atoms with E-state index in [4.69, 9.17) is 4.74 Å². The van der Waals surface area contributed by atoms with Crippen molar-refractivity contribution in [2.75, 3.05) is 5.33 Å². The molecule has 0 aromatic carbocycles. The van der Waals surface area contributed by atoms with E-state index < -0.39 is 0 Å². The van der Waals surface area contributed by atoms with Crippen molar-refractivity contribution in [2.45, 2.75) is 57.2 Å². The largest absolute Gasteiger partial charge is 0.371 e. The standard InChI is InChI=1S/C13H21BrO/c1-13(5-4-11(8-14)15-13)12-7-9-2-3-10(12)6-9/h9-12H,2-8H2,1H3. The van der Waals surface area contributed by atoms with Gasteiger partial charge in [0, 0.05) is 5.33 Å². The zero-order valence-corrected chi connectivity index (χ0v) is 11.1. The Morgan fingerprint density at radius 3 is 2.67 bits per heavy atom. The quantitative estimate of drug-likeness (QED) is 0.696. The molecule has 15 heavy (non-hydrogen) atoms. The fraction of sp³-hybridized carbons (Fsp3) is 1.00. The highest BCUT2D eigenvalue weighted by atomic mass is 79.9. The van der Waals surface area contributed by atoms with E-state index in [1.807, 2.05) is 0 Å². The van der Waals surface area contributed by atoms with E-state index in [0.717, 1.165) is 23.1 Å². The van der Waals surface area contributed by atoms with E-state index in [0.29, 0.717) is 6.10 Å². The van der Waals surface area contributed by atoms with Crippen molar-refractivity contribution >= 4 is 15.9 Å². The van der Waals surface area contributed by atoms with E-state index in [9.17, 15) is 0 Å². The lowest BCUT2D eigenvalue weighted by Crippen LogP contribution is -2.38. The Labute approximate surface area is 101 Å². The third-order valence-corrected chi connectivity index (χ3v) is 5.82. The first kappa shape index (κ1) is 10.6. The van der Waals surface area contributed by atoms with Crippen molar-refractivity contribution in [3.05, 3.63) is 0 Å². The highest BCUT2D eigenvalue weighted by Gasteiger charge is 2.51. The summed E-state index contributed by atoms with van der Waals surface area (Å²) in [6.07, 6.45) is 8.96. The van der Waals surface area contributed by atoms with Gasteiger partial charge in [-0.25, -0.2) is 0 Å². The van der Waals surface area contributed by atoms with Crippen LogP contribution in [0.3, 0.4) is 0 Å². The van der Waals surface area contributed by atoms with Gasteiger partial charge in [0.05, 0.1) is 11.7 Å². The van der Waals surface area contributed by atoms with Crippen LogP contribution in [0.2, 0.25) is 0 Å². The molecule has 2 heteroatoms. The molecule has 0 N–H and O–H groups in total. The topological polar surface area (TPSA) is 9.23 Å². The van der Waals surface area contributed by atoms with Crippen molar-refractivity contribution in [2.24, 2.45) is 17.8 Å². The van der Waals surface area contributed by atoms with Gasteiger partial charge < -0.3 is 4.74 Å². The van der Waals surface area contributed by atoms with Gasteiger partial charge in [-0.1, -0.05) is 22.4 Å². The molecule has 86 valence electrons. The second-order valence-electron chi connectivity index (χ2n) is 6.03. The van der Waals surface area contributed by atoms with Crippen molar-refractivity contribution in [3.63, 3.8) is 0 Å². The van der Waals surface area contributed by atoms with Crippen molar-refractivity contribution < 1.29 is 4.74 Å². The van der Waals surface area contributed by atoms with Crippen LogP contribution in [0.5, 0.6) is 0 Å². The van der Waals surface area contributed by atoms with Gasteiger partial charge in [0.2, 0.25) is 0 Å². The molecule has 1 aliphatic heterocycles. The molecule has 1 saturated heterocycles. The van der Waals surface area contributed by atoms with Crippen LogP contribution < -0.4 is 0 Å². The van der Waals surface area contributed by atoms with Crippen LogP contribution in [0.15, 0.2) is 0 Å². The molecule has 1 heterocycles. The molecule has 0 radical (unpaired) electrons. The molecule has 2 aliphatic carbocycles. The minimum Gasteiger partial charge on any atom is -0.371 e. The van der Waals surface area contributed by atoms with Crippen LogP contribution in [0.25, 0.3) is 0 Å². The lowest BCUT2D eigenvalue weighted by atomic mass is 9.76. The van der Waals surface area contributed by atoms with Crippen molar-refractivity contribution in [1.82, 2.24) is 0 Å². The van der Waals surface area contributed by atoms with E-state index in [2.05, 4.69) is 22.9 Å². The maximum atomic E-state index is 6.29. The minimum absolute atomic E-state index is 0.221. The van der Waals surface area contributed by atoms with Crippen LogP contribution in [-0.2, 0) is 4.74 Å². The predicted octanol–water partition coefficient (Wildman–Crippen LogP) is 3.76. The van der Waals surface area contributed by atoms with Gasteiger partial charge in [-0.15, -0.1) is 0 Å². The zero-order chi connectivity index (χ0) is 10.5. The van der Waals surface area contributed by atoms with Gasteiger partial charge in [0.25, 0.3) is 0 Å². The van der Waals surface area contributed by atoms with E-state index in [1.54, 1.807) is 0 Å². The molecule has 3 aliphatic rings. The Morgan fingerprint density at radius 1 is 1.27 bits per heavy atom. The highest BCUT2D eigenvalue weighted by Crippen LogP contribution is 2.55. The van der Waals surface area contributed by atoms with E-state index in [-0.39, 0.29) is 5.60 Å². The van der Waals surface area contributed by atoms with Gasteiger partial charge in [0.1, 0.15) is 0 Å². The molecular weight excluding hydrogens is 252 g/mol. The first-order valence-electron chi connectivity index (χ1n) is 6.45. The zero-order valence-electron chi connectivity index (χ0n) is 9.55. The number of alkyl halides is 1. The molecule has 3 fully saturated rings. The summed E-state index contributed by atoms with van der Waals surface area (Å²) in [4.78, 5) is 0. The predicted molar refractivity (Wildman–Crippen MR) is 65.2 cm³/mol. The maximum absolute atomic E-state index is 6.29. The molecule has 2 bridgehead atoms. The normalized spacial score (nSPS) is 54.0. The first-order valence-corrected chi connectivity index (χ1v) is 7.57. The molecular formula is C13H21BrO. The molecule has 5 unspecified atom stereocenters. The number of rotatable bonds is 2. The monoisotopic (exact) mass is 272 g/mol. The molecule has 0 spiro atoms. The van der Waals surface area contributed by atoms with Crippen LogP contribution in [0.4, 0.5) is 0 Å². The van der Waals surface area contributed by atoms with Gasteiger partial charge in [0.15, 0.2) is 0 Å². The summed E-state index contributed by atoms with van der Waals surface area (Å²) in [5, 5.41) is 1.02. The molecule has 0 aromatic heterocycles. The number of fused-ring (bicyclic) bond motifs is 2. The summed E-state index contributed by atoms with van der Waals surface area (Å²) in [7, 11) is 0. The summed E-state index contributed by atoms with van der Waals surface area (Å²) in [6, 6.07) is 0. The van der Waals surface area contributed by atoms with Crippen molar-refractivity contribution in [1.29, 1.82) is 0 Å². The van der Waals surface area contributed by atoms with Gasteiger partial charge in [-0.05, 0) is 56.8 Å². The van der Waals surface area contributed by atoms with Crippen LogP contribution >= 0.6 is 15.9 Å². The number of ether oxygens (including phenoxy) is 1. The Morgan fingerprint density at radius 2 is 2.13 bits per heavy atom. The second kappa shape index (κ2) is 3.73. The SMILES string of the molecule is CC1(C2CC3CCC2C3)CCC(CBr)O1. The summed E-state index contributed by atoms with van der Waals surface area (Å²) >= 11 is 3.55. The fourth-order valence-electron chi connectivity index (χ4n) is 4.32. The molecule has 3 rings (SSSR count). The van der Waals surface area contributed by atoms with E-state index in [1.165, 1.54) is 38.5 Å². The Hall–Kier alpha value is 0.440. The second-order valence-corrected chi connectivity index (χ2v) is 6.67. The van der Waals surface area contributed by atoms with E-state index >= 15 is 0 Å². The molecule has 0 amide bonds. The lowest BCUT2D eigenvalue weighted by molar-refractivity contribution is -0.0743. The number of hydrogen-bond donors (Lipinski definition) is 0. The lowest BCUT2D eigenvalue weighted by Gasteiger charge is -2.37. The average molecular weight is 273 g/mol. The van der Waals surface area contributed by atoms with Crippen molar-refractivity contribution in [3.8, 4) is 0 Å². The molecule has 5 atom stereocenters. The summed E-state index contributed by atoms with van der Waals surface area (Å²) in [6.45, 7) is 2.38. The minimum atomic E-state index is 0.221. The van der Waals surface area contributed by atoms with Crippen LogP contribution in [0, 0.1) is 17.8 Å². The summed E-state index contributed by atoms with van der Waals surface area (Å²) in [5.41, 5.74) is 0.221. The summed E-state index contributed by atoms with van der Waals surface area (Å²) in [5.74, 6) is 2.91. The number of halogens is 1. The Balaban J connectivity index is 1.72. The molecule has 0 aromatic rings. The van der Waals surface area contributed by atoms with Gasteiger partial charge >= 0.3 is 0 Å². The first-order chi connectivity index (χ1) is 7.21. The average Bonchev–Trinajstić information content (AvgIpc) is 2.91. The van der Waals surface area contributed by atoms with Crippen LogP contribution in [-0.4, -0.2) is 17.0 Å². The van der Waals surface area contributed by atoms with Gasteiger partial charge in [-0.2, -0.15) is 0 Å². The molecule has 2 saturated carbocycles. The fourth-order valence-corrected chi connectivity index (χ4v) is 4.78. The third kappa shape index (κ3) is 1.68. The maximum Gasteiger partial charge on any atom is 0.0690 e. The third-order valence-electron chi connectivity index (χ3n) is 5.09. The van der Waals surface area contributed by atoms with Gasteiger partial charge in [-0.3, -0.25) is 0 Å². The summed E-state index contributed by atoms with van der Waals surface area (Å²) < 4.78 is 6.29. The smallest absolute Gasteiger partial charge is 0.0690 e.